The van der Waals surface area contributed by atoms with Crippen LogP contribution in [-0.4, -0.2) is 16.3 Å². The van der Waals surface area contributed by atoms with E-state index in [1.807, 2.05) is 6.07 Å². The molecule has 0 aromatic heterocycles. The number of benzene rings is 1. The number of phenolic OH excluding ortho intramolecular Hbond substituents is 2. The normalized spacial score (nSPS) is 12.6. The van der Waals surface area contributed by atoms with Crippen molar-refractivity contribution in [3.63, 3.8) is 0 Å². The van der Waals surface area contributed by atoms with Gasteiger partial charge in [-0.3, -0.25) is 0 Å². The zero-order chi connectivity index (χ0) is 13.4. The van der Waals surface area contributed by atoms with Crippen LogP contribution in [0.4, 0.5) is 0 Å². The highest BCUT2D eigenvalue weighted by molar-refractivity contribution is 5.44. The summed E-state index contributed by atoms with van der Waals surface area (Å²) < 4.78 is 0. The SMILES string of the molecule is CCCCCCC(C)NCc1cccc(O)c1O. The van der Waals surface area contributed by atoms with Gasteiger partial charge in [-0.2, -0.15) is 0 Å². The van der Waals surface area contributed by atoms with Gasteiger partial charge >= 0.3 is 0 Å². The van der Waals surface area contributed by atoms with E-state index in [-0.39, 0.29) is 11.5 Å². The Kier molecular flexibility index (Phi) is 6.58. The summed E-state index contributed by atoms with van der Waals surface area (Å²) in [5.41, 5.74) is 0.746. The molecule has 1 aromatic rings. The average Bonchev–Trinajstić information content (AvgIpc) is 2.36. The van der Waals surface area contributed by atoms with Crippen molar-refractivity contribution in [3.05, 3.63) is 23.8 Å². The fraction of sp³-hybridized carbons (Fsp3) is 0.600. The third-order valence-corrected chi connectivity index (χ3v) is 3.23. The predicted molar refractivity (Wildman–Crippen MR) is 74.8 cm³/mol. The van der Waals surface area contributed by atoms with E-state index < -0.39 is 0 Å². The first-order valence-electron chi connectivity index (χ1n) is 6.88. The molecule has 18 heavy (non-hydrogen) atoms. The molecule has 3 heteroatoms. The Morgan fingerprint density at radius 2 is 1.94 bits per heavy atom. The molecule has 0 spiro atoms. The standard InChI is InChI=1S/C15H25NO2/c1-3-4-5-6-8-12(2)16-11-13-9-7-10-14(17)15(13)18/h7,9-10,12,16-18H,3-6,8,11H2,1-2H3. The summed E-state index contributed by atoms with van der Waals surface area (Å²) in [7, 11) is 0. The van der Waals surface area contributed by atoms with Crippen LogP contribution >= 0.6 is 0 Å². The summed E-state index contributed by atoms with van der Waals surface area (Å²) in [6.07, 6.45) is 6.26. The lowest BCUT2D eigenvalue weighted by molar-refractivity contribution is 0.395. The zero-order valence-corrected chi connectivity index (χ0v) is 11.4. The van der Waals surface area contributed by atoms with E-state index in [0.29, 0.717) is 12.6 Å². The van der Waals surface area contributed by atoms with Crippen molar-refractivity contribution in [2.24, 2.45) is 0 Å². The topological polar surface area (TPSA) is 52.5 Å². The Hall–Kier alpha value is -1.22. The zero-order valence-electron chi connectivity index (χ0n) is 11.4. The third-order valence-electron chi connectivity index (χ3n) is 3.23. The number of para-hydroxylation sites is 1. The number of aromatic hydroxyl groups is 2. The van der Waals surface area contributed by atoms with Crippen molar-refractivity contribution in [3.8, 4) is 11.5 Å². The second kappa shape index (κ2) is 7.98. The van der Waals surface area contributed by atoms with Crippen LogP contribution in [0.2, 0.25) is 0 Å². The molecule has 0 fully saturated rings. The van der Waals surface area contributed by atoms with Crippen molar-refractivity contribution in [2.45, 2.75) is 58.5 Å². The van der Waals surface area contributed by atoms with E-state index in [1.54, 1.807) is 6.07 Å². The van der Waals surface area contributed by atoms with Gasteiger partial charge in [-0.05, 0) is 19.4 Å². The molecule has 0 amide bonds. The maximum Gasteiger partial charge on any atom is 0.161 e. The van der Waals surface area contributed by atoms with Gasteiger partial charge in [0.05, 0.1) is 0 Å². The second-order valence-electron chi connectivity index (χ2n) is 4.92. The van der Waals surface area contributed by atoms with Crippen LogP contribution in [-0.2, 0) is 6.54 Å². The first-order valence-corrected chi connectivity index (χ1v) is 6.88. The Bertz CT molecular complexity index is 352. The van der Waals surface area contributed by atoms with Gasteiger partial charge in [0.25, 0.3) is 0 Å². The summed E-state index contributed by atoms with van der Waals surface area (Å²) in [6, 6.07) is 5.50. The fourth-order valence-electron chi connectivity index (χ4n) is 1.98. The molecular weight excluding hydrogens is 226 g/mol. The summed E-state index contributed by atoms with van der Waals surface area (Å²) in [6.45, 7) is 4.97. The van der Waals surface area contributed by atoms with Crippen LogP contribution in [0.25, 0.3) is 0 Å². The molecule has 1 unspecified atom stereocenters. The molecule has 0 saturated carbocycles. The van der Waals surface area contributed by atoms with E-state index in [2.05, 4.69) is 19.2 Å². The van der Waals surface area contributed by atoms with Gasteiger partial charge in [0.15, 0.2) is 11.5 Å². The lowest BCUT2D eigenvalue weighted by Gasteiger charge is -2.14. The monoisotopic (exact) mass is 251 g/mol. The predicted octanol–water partition coefficient (Wildman–Crippen LogP) is 3.55. The molecule has 3 nitrogen and oxygen atoms in total. The van der Waals surface area contributed by atoms with Crippen LogP contribution in [0.3, 0.4) is 0 Å². The van der Waals surface area contributed by atoms with E-state index in [9.17, 15) is 10.2 Å². The number of unbranched alkanes of at least 4 members (excludes halogenated alkanes) is 3. The fourth-order valence-corrected chi connectivity index (χ4v) is 1.98. The molecule has 0 aliphatic carbocycles. The van der Waals surface area contributed by atoms with Crippen LogP contribution in [0.5, 0.6) is 11.5 Å². The van der Waals surface area contributed by atoms with Crippen molar-refractivity contribution in [2.75, 3.05) is 0 Å². The van der Waals surface area contributed by atoms with Gasteiger partial charge in [0, 0.05) is 18.2 Å². The van der Waals surface area contributed by atoms with E-state index >= 15 is 0 Å². The molecule has 0 saturated heterocycles. The van der Waals surface area contributed by atoms with Crippen molar-refractivity contribution in [1.82, 2.24) is 5.32 Å². The molecular formula is C15H25NO2. The summed E-state index contributed by atoms with van der Waals surface area (Å²) >= 11 is 0. The number of rotatable bonds is 8. The lowest BCUT2D eigenvalue weighted by Crippen LogP contribution is -2.25. The largest absolute Gasteiger partial charge is 0.504 e. The highest BCUT2D eigenvalue weighted by atomic mass is 16.3. The van der Waals surface area contributed by atoms with Gasteiger partial charge in [-0.1, -0.05) is 44.7 Å². The molecule has 0 aliphatic rings. The summed E-state index contributed by atoms with van der Waals surface area (Å²) in [4.78, 5) is 0. The van der Waals surface area contributed by atoms with Crippen LogP contribution in [0.1, 0.15) is 51.5 Å². The Balaban J connectivity index is 2.29. The van der Waals surface area contributed by atoms with Crippen molar-refractivity contribution >= 4 is 0 Å². The minimum Gasteiger partial charge on any atom is -0.504 e. The van der Waals surface area contributed by atoms with Crippen LogP contribution < -0.4 is 5.32 Å². The summed E-state index contributed by atoms with van der Waals surface area (Å²) in [5.74, 6) is -0.0620. The molecule has 0 radical (unpaired) electrons. The van der Waals surface area contributed by atoms with Crippen LogP contribution in [0, 0.1) is 0 Å². The second-order valence-corrected chi connectivity index (χ2v) is 4.92. The third kappa shape index (κ3) is 4.96. The van der Waals surface area contributed by atoms with Crippen molar-refractivity contribution in [1.29, 1.82) is 0 Å². The van der Waals surface area contributed by atoms with Gasteiger partial charge in [0.1, 0.15) is 0 Å². The molecule has 0 aliphatic heterocycles. The minimum atomic E-state index is -0.0510. The molecule has 0 bridgehead atoms. The molecule has 0 heterocycles. The number of hydrogen-bond acceptors (Lipinski definition) is 3. The Morgan fingerprint density at radius 1 is 1.17 bits per heavy atom. The Labute approximate surface area is 110 Å². The molecule has 1 aromatic carbocycles. The van der Waals surface area contributed by atoms with Gasteiger partial charge in [0.2, 0.25) is 0 Å². The van der Waals surface area contributed by atoms with Crippen molar-refractivity contribution < 1.29 is 10.2 Å². The van der Waals surface area contributed by atoms with E-state index in [1.165, 1.54) is 31.7 Å². The highest BCUT2D eigenvalue weighted by Crippen LogP contribution is 2.27. The van der Waals surface area contributed by atoms with Gasteiger partial charge in [-0.15, -0.1) is 0 Å². The summed E-state index contributed by atoms with van der Waals surface area (Å²) in [5, 5.41) is 22.4. The number of nitrogens with one attached hydrogen (secondary N) is 1. The molecule has 3 N–H and O–H groups in total. The average molecular weight is 251 g/mol. The molecule has 102 valence electrons. The van der Waals surface area contributed by atoms with Crippen LogP contribution in [0.15, 0.2) is 18.2 Å². The molecule has 1 rings (SSSR count). The number of phenols is 2. The minimum absolute atomic E-state index is 0.0109. The molecule has 1 atom stereocenters. The first-order chi connectivity index (χ1) is 8.65. The smallest absolute Gasteiger partial charge is 0.161 e. The van der Waals surface area contributed by atoms with Gasteiger partial charge < -0.3 is 15.5 Å². The highest BCUT2D eigenvalue weighted by Gasteiger charge is 2.07. The quantitative estimate of drug-likeness (QED) is 0.489. The van der Waals surface area contributed by atoms with E-state index in [0.717, 1.165) is 12.0 Å². The number of hydrogen-bond donors (Lipinski definition) is 3. The lowest BCUT2D eigenvalue weighted by atomic mass is 10.1. The van der Waals surface area contributed by atoms with Gasteiger partial charge in [-0.25, -0.2) is 0 Å². The maximum atomic E-state index is 9.67. The first kappa shape index (κ1) is 14.8. The Morgan fingerprint density at radius 3 is 2.67 bits per heavy atom. The van der Waals surface area contributed by atoms with E-state index in [4.69, 9.17) is 0 Å². The maximum absolute atomic E-state index is 9.67.